The quantitative estimate of drug-likeness (QED) is 0.809. The van der Waals surface area contributed by atoms with E-state index in [2.05, 4.69) is 51.8 Å². The van der Waals surface area contributed by atoms with E-state index in [0.717, 1.165) is 11.8 Å². The zero-order valence-corrected chi connectivity index (χ0v) is 13.2. The van der Waals surface area contributed by atoms with Crippen molar-refractivity contribution in [2.45, 2.75) is 54.0 Å². The molecule has 2 nitrogen and oxygen atoms in total. The van der Waals surface area contributed by atoms with Crippen molar-refractivity contribution in [2.24, 2.45) is 22.7 Å². The first kappa shape index (κ1) is 14.3. The molecule has 0 aromatic heterocycles. The van der Waals surface area contributed by atoms with Gasteiger partial charge in [-0.25, -0.2) is 0 Å². The summed E-state index contributed by atoms with van der Waals surface area (Å²) in [5.74, 6) is 1.76. The minimum absolute atomic E-state index is 0.543. The van der Waals surface area contributed by atoms with Crippen LogP contribution in [0.15, 0.2) is 0 Å². The van der Waals surface area contributed by atoms with Gasteiger partial charge in [-0.2, -0.15) is 0 Å². The summed E-state index contributed by atoms with van der Waals surface area (Å²) in [6.07, 6.45) is 1.38. The molecule has 2 aliphatic rings. The van der Waals surface area contributed by atoms with E-state index < -0.39 is 0 Å². The Morgan fingerprint density at radius 3 is 2.28 bits per heavy atom. The van der Waals surface area contributed by atoms with E-state index in [-0.39, 0.29) is 0 Å². The summed E-state index contributed by atoms with van der Waals surface area (Å²) < 4.78 is 0. The Bertz CT molecular complexity index is 279. The molecular formula is C16H32N2. The van der Waals surface area contributed by atoms with Gasteiger partial charge in [0.25, 0.3) is 0 Å². The number of hydrogen-bond donors (Lipinski definition) is 1. The van der Waals surface area contributed by atoms with Crippen LogP contribution in [0, 0.1) is 22.7 Å². The summed E-state index contributed by atoms with van der Waals surface area (Å²) in [5.41, 5.74) is 1.09. The molecule has 2 rings (SSSR count). The normalized spacial score (nSPS) is 31.2. The van der Waals surface area contributed by atoms with E-state index >= 15 is 0 Å². The molecule has 0 bridgehead atoms. The zero-order chi connectivity index (χ0) is 13.6. The van der Waals surface area contributed by atoms with Crippen LogP contribution in [0.4, 0.5) is 0 Å². The number of likely N-dealkylation sites (tertiary alicyclic amines) is 1. The Morgan fingerprint density at radius 1 is 1.17 bits per heavy atom. The van der Waals surface area contributed by atoms with Gasteiger partial charge in [0.2, 0.25) is 0 Å². The SMILES string of the molecule is CC(C)NCC1CCN(CC2C(C)(C)C2(C)C)C1. The van der Waals surface area contributed by atoms with Gasteiger partial charge in [0.05, 0.1) is 0 Å². The van der Waals surface area contributed by atoms with Gasteiger partial charge >= 0.3 is 0 Å². The third-order valence-corrected chi connectivity index (χ3v) is 5.95. The van der Waals surface area contributed by atoms with Crippen LogP contribution in [0.1, 0.15) is 48.0 Å². The molecule has 1 N–H and O–H groups in total. The van der Waals surface area contributed by atoms with Crippen molar-refractivity contribution in [2.75, 3.05) is 26.2 Å². The fraction of sp³-hybridized carbons (Fsp3) is 1.00. The second-order valence-corrected chi connectivity index (χ2v) is 7.97. The molecule has 0 radical (unpaired) electrons. The fourth-order valence-corrected chi connectivity index (χ4v) is 3.70. The Hall–Kier alpha value is -0.0800. The average Bonchev–Trinajstić information content (AvgIpc) is 2.65. The van der Waals surface area contributed by atoms with Crippen LogP contribution >= 0.6 is 0 Å². The average molecular weight is 252 g/mol. The highest BCUT2D eigenvalue weighted by molar-refractivity contribution is 5.13. The minimum Gasteiger partial charge on any atom is -0.314 e. The Morgan fingerprint density at radius 2 is 1.78 bits per heavy atom. The zero-order valence-electron chi connectivity index (χ0n) is 13.2. The molecule has 1 aliphatic heterocycles. The lowest BCUT2D eigenvalue weighted by molar-refractivity contribution is 0.286. The maximum atomic E-state index is 3.58. The second kappa shape index (κ2) is 4.79. The van der Waals surface area contributed by atoms with Gasteiger partial charge in [-0.3, -0.25) is 0 Å². The summed E-state index contributed by atoms with van der Waals surface area (Å²) in [6, 6.07) is 0.625. The van der Waals surface area contributed by atoms with Crippen LogP contribution in [0.5, 0.6) is 0 Å². The van der Waals surface area contributed by atoms with Crippen LogP contribution in [0.25, 0.3) is 0 Å². The molecule has 1 atom stereocenters. The van der Waals surface area contributed by atoms with E-state index in [4.69, 9.17) is 0 Å². The first-order valence-electron chi connectivity index (χ1n) is 7.71. The summed E-state index contributed by atoms with van der Waals surface area (Å²) in [4.78, 5) is 2.70. The number of hydrogen-bond acceptors (Lipinski definition) is 2. The van der Waals surface area contributed by atoms with Crippen molar-refractivity contribution < 1.29 is 0 Å². The smallest absolute Gasteiger partial charge is 0.00224 e. The standard InChI is InChI=1S/C16H32N2/c1-12(2)17-9-13-7-8-18(10-13)11-14-15(3,4)16(14,5)6/h12-14,17H,7-11H2,1-6H3. The van der Waals surface area contributed by atoms with Crippen molar-refractivity contribution in [1.29, 1.82) is 0 Å². The van der Waals surface area contributed by atoms with Crippen LogP contribution < -0.4 is 5.32 Å². The lowest BCUT2D eigenvalue weighted by Crippen LogP contribution is -2.31. The summed E-state index contributed by atoms with van der Waals surface area (Å²) in [7, 11) is 0. The third-order valence-electron chi connectivity index (χ3n) is 5.95. The molecular weight excluding hydrogens is 220 g/mol. The molecule has 2 fully saturated rings. The predicted octanol–water partition coefficient (Wildman–Crippen LogP) is 2.99. The molecule has 1 heterocycles. The van der Waals surface area contributed by atoms with E-state index in [1.54, 1.807) is 0 Å². The van der Waals surface area contributed by atoms with E-state index in [1.165, 1.54) is 32.6 Å². The summed E-state index contributed by atoms with van der Waals surface area (Å²) >= 11 is 0. The van der Waals surface area contributed by atoms with E-state index in [9.17, 15) is 0 Å². The summed E-state index contributed by atoms with van der Waals surface area (Å²) in [5, 5.41) is 3.58. The number of nitrogens with one attached hydrogen (secondary N) is 1. The first-order valence-corrected chi connectivity index (χ1v) is 7.71. The van der Waals surface area contributed by atoms with Crippen LogP contribution in [0.3, 0.4) is 0 Å². The Balaban J connectivity index is 1.74. The van der Waals surface area contributed by atoms with Gasteiger partial charge in [0.15, 0.2) is 0 Å². The minimum atomic E-state index is 0.543. The lowest BCUT2D eigenvalue weighted by atomic mass is 10.0. The van der Waals surface area contributed by atoms with Gasteiger partial charge in [0, 0.05) is 19.1 Å². The maximum Gasteiger partial charge on any atom is 0.00224 e. The molecule has 1 saturated heterocycles. The van der Waals surface area contributed by atoms with Crippen LogP contribution in [-0.4, -0.2) is 37.1 Å². The highest BCUT2D eigenvalue weighted by atomic mass is 15.2. The van der Waals surface area contributed by atoms with E-state index in [1.807, 2.05) is 0 Å². The number of rotatable bonds is 5. The molecule has 2 heteroatoms. The highest BCUT2D eigenvalue weighted by Gasteiger charge is 2.64. The second-order valence-electron chi connectivity index (χ2n) is 7.97. The molecule has 1 aliphatic carbocycles. The molecule has 106 valence electrons. The number of nitrogens with zero attached hydrogens (tertiary/aromatic N) is 1. The van der Waals surface area contributed by atoms with Gasteiger partial charge in [-0.1, -0.05) is 41.5 Å². The molecule has 0 aromatic rings. The Kier molecular flexibility index (Phi) is 3.81. The molecule has 1 unspecified atom stereocenters. The van der Waals surface area contributed by atoms with Gasteiger partial charge in [0.1, 0.15) is 0 Å². The van der Waals surface area contributed by atoms with Crippen molar-refractivity contribution in [3.8, 4) is 0 Å². The van der Waals surface area contributed by atoms with Crippen molar-refractivity contribution >= 4 is 0 Å². The largest absolute Gasteiger partial charge is 0.314 e. The van der Waals surface area contributed by atoms with Crippen molar-refractivity contribution in [3.05, 3.63) is 0 Å². The maximum absolute atomic E-state index is 3.58. The highest BCUT2D eigenvalue weighted by Crippen LogP contribution is 2.68. The van der Waals surface area contributed by atoms with Crippen LogP contribution in [0.2, 0.25) is 0 Å². The fourth-order valence-electron chi connectivity index (χ4n) is 3.70. The van der Waals surface area contributed by atoms with E-state index in [0.29, 0.717) is 16.9 Å². The summed E-state index contributed by atoms with van der Waals surface area (Å²) in [6.45, 7) is 19.4. The van der Waals surface area contributed by atoms with Gasteiger partial charge in [-0.15, -0.1) is 0 Å². The topological polar surface area (TPSA) is 15.3 Å². The third kappa shape index (κ3) is 2.60. The van der Waals surface area contributed by atoms with Gasteiger partial charge < -0.3 is 10.2 Å². The Labute approximate surface area is 114 Å². The van der Waals surface area contributed by atoms with Crippen LogP contribution in [-0.2, 0) is 0 Å². The lowest BCUT2D eigenvalue weighted by Gasteiger charge is -2.18. The predicted molar refractivity (Wildman–Crippen MR) is 78.7 cm³/mol. The van der Waals surface area contributed by atoms with Gasteiger partial charge in [-0.05, 0) is 42.2 Å². The molecule has 0 spiro atoms. The monoisotopic (exact) mass is 252 g/mol. The van der Waals surface area contributed by atoms with Crippen molar-refractivity contribution in [3.63, 3.8) is 0 Å². The molecule has 18 heavy (non-hydrogen) atoms. The molecule has 0 aromatic carbocycles. The van der Waals surface area contributed by atoms with Crippen molar-refractivity contribution in [1.82, 2.24) is 10.2 Å². The molecule has 1 saturated carbocycles. The molecule has 0 amide bonds. The first-order chi connectivity index (χ1) is 8.25.